The highest BCUT2D eigenvalue weighted by Gasteiger charge is 2.41. The number of nitrogens with one attached hydrogen (secondary N) is 2. The van der Waals surface area contributed by atoms with E-state index in [1.165, 1.54) is 0 Å². The van der Waals surface area contributed by atoms with Crippen molar-refractivity contribution in [1.29, 1.82) is 0 Å². The molecule has 152 valence electrons. The predicted octanol–water partition coefficient (Wildman–Crippen LogP) is 1.83. The number of amides is 1. The first kappa shape index (κ1) is 20.5. The third-order valence-corrected chi connectivity index (χ3v) is 5.09. The van der Waals surface area contributed by atoms with E-state index in [0.29, 0.717) is 33.0 Å². The largest absolute Gasteiger partial charge is 0.379 e. The van der Waals surface area contributed by atoms with E-state index in [1.54, 1.807) is 6.20 Å². The van der Waals surface area contributed by atoms with Crippen LogP contribution >= 0.6 is 0 Å². The number of nitrogens with zero attached hydrogens (tertiary/aromatic N) is 2. The second-order valence-electron chi connectivity index (χ2n) is 6.98. The highest BCUT2D eigenvalue weighted by molar-refractivity contribution is 5.84. The van der Waals surface area contributed by atoms with Gasteiger partial charge in [-0.2, -0.15) is 5.10 Å². The molecule has 2 N–H and O–H groups in total. The Morgan fingerprint density at radius 3 is 2.75 bits per heavy atom. The molecule has 0 atom stereocenters. The van der Waals surface area contributed by atoms with Gasteiger partial charge in [0.05, 0.1) is 19.8 Å². The molecule has 7 heteroatoms. The fourth-order valence-electron chi connectivity index (χ4n) is 3.55. The maximum Gasteiger partial charge on any atom is 0.248 e. The van der Waals surface area contributed by atoms with Crippen molar-refractivity contribution in [2.45, 2.75) is 38.5 Å². The van der Waals surface area contributed by atoms with E-state index in [1.807, 2.05) is 42.1 Å². The van der Waals surface area contributed by atoms with Crippen molar-refractivity contribution in [2.75, 3.05) is 32.9 Å². The molecule has 0 aliphatic carbocycles. The maximum absolute atomic E-state index is 13.1. The monoisotopic (exact) mass is 386 g/mol. The molecule has 0 unspecified atom stereocenters. The van der Waals surface area contributed by atoms with Gasteiger partial charge in [-0.1, -0.05) is 24.3 Å². The first-order chi connectivity index (χ1) is 13.7. The maximum atomic E-state index is 13.1. The fraction of sp³-hybridized carbons (Fsp3) is 0.524. The Morgan fingerprint density at radius 2 is 2.00 bits per heavy atom. The number of hydrogen-bond donors (Lipinski definition) is 2. The van der Waals surface area contributed by atoms with Crippen molar-refractivity contribution < 1.29 is 14.3 Å². The van der Waals surface area contributed by atoms with Gasteiger partial charge in [0.15, 0.2) is 0 Å². The van der Waals surface area contributed by atoms with Crippen molar-refractivity contribution in [3.8, 4) is 0 Å². The number of rotatable bonds is 10. The molecule has 0 spiro atoms. The summed E-state index contributed by atoms with van der Waals surface area (Å²) in [5, 5.41) is 10.8. The Morgan fingerprint density at radius 1 is 1.21 bits per heavy atom. The number of ether oxygens (including phenoxy) is 2. The van der Waals surface area contributed by atoms with Gasteiger partial charge in [0.2, 0.25) is 5.91 Å². The van der Waals surface area contributed by atoms with Crippen molar-refractivity contribution in [3.05, 3.63) is 53.9 Å². The Labute approximate surface area is 166 Å². The molecule has 1 amide bonds. The van der Waals surface area contributed by atoms with E-state index in [9.17, 15) is 4.79 Å². The molecule has 7 nitrogen and oxygen atoms in total. The number of hydrogen-bond acceptors (Lipinski definition) is 5. The van der Waals surface area contributed by atoms with E-state index in [-0.39, 0.29) is 5.91 Å². The Kier molecular flexibility index (Phi) is 7.59. The lowest BCUT2D eigenvalue weighted by Crippen LogP contribution is -2.54. The summed E-state index contributed by atoms with van der Waals surface area (Å²) >= 11 is 0. The first-order valence-corrected chi connectivity index (χ1v) is 9.97. The Balaban J connectivity index is 1.57. The van der Waals surface area contributed by atoms with E-state index in [0.717, 1.165) is 37.1 Å². The lowest BCUT2D eigenvalue weighted by molar-refractivity contribution is -0.132. The second-order valence-corrected chi connectivity index (χ2v) is 6.98. The molecule has 0 radical (unpaired) electrons. The molecule has 1 fully saturated rings. The molecule has 1 aromatic heterocycles. The van der Waals surface area contributed by atoms with E-state index in [4.69, 9.17) is 9.47 Å². The molecule has 1 aliphatic heterocycles. The quantitative estimate of drug-likeness (QED) is 0.609. The summed E-state index contributed by atoms with van der Waals surface area (Å²) in [4.78, 5) is 13.1. The van der Waals surface area contributed by atoms with Crippen LogP contribution in [0, 0.1) is 0 Å². The van der Waals surface area contributed by atoms with Crippen LogP contribution in [0.4, 0.5) is 0 Å². The molecule has 1 aromatic carbocycles. The fourth-order valence-corrected chi connectivity index (χ4v) is 3.55. The topological polar surface area (TPSA) is 77.4 Å². The summed E-state index contributed by atoms with van der Waals surface area (Å²) in [5.41, 5.74) is 1.53. The van der Waals surface area contributed by atoms with E-state index >= 15 is 0 Å². The van der Waals surface area contributed by atoms with Crippen LogP contribution in [0.3, 0.4) is 0 Å². The molecule has 3 rings (SSSR count). The first-order valence-electron chi connectivity index (χ1n) is 9.97. The van der Waals surface area contributed by atoms with Crippen LogP contribution in [-0.4, -0.2) is 48.6 Å². The molecular formula is C21H30N4O3. The third kappa shape index (κ3) is 5.19. The highest BCUT2D eigenvalue weighted by Crippen LogP contribution is 2.27. The molecule has 2 heterocycles. The van der Waals surface area contributed by atoms with Gasteiger partial charge in [-0.3, -0.25) is 9.48 Å². The van der Waals surface area contributed by atoms with Gasteiger partial charge in [-0.25, -0.2) is 0 Å². The summed E-state index contributed by atoms with van der Waals surface area (Å²) in [5.74, 6) is 0.0241. The van der Waals surface area contributed by atoms with Crippen LogP contribution in [0.15, 0.2) is 42.7 Å². The molecular weight excluding hydrogens is 356 g/mol. The number of carbonyl (C=O) groups is 1. The number of piperidine rings is 1. The minimum absolute atomic E-state index is 0.0241. The van der Waals surface area contributed by atoms with Gasteiger partial charge in [-0.15, -0.1) is 0 Å². The average Bonchev–Trinajstić information content (AvgIpc) is 3.28. The zero-order valence-corrected chi connectivity index (χ0v) is 16.5. The van der Waals surface area contributed by atoms with Crippen LogP contribution in [0.2, 0.25) is 0 Å². The third-order valence-electron chi connectivity index (χ3n) is 5.09. The van der Waals surface area contributed by atoms with E-state index < -0.39 is 5.54 Å². The zero-order chi connectivity index (χ0) is 19.7. The Bertz CT molecular complexity index is 727. The highest BCUT2D eigenvalue weighted by atomic mass is 16.5. The SMILES string of the molecule is CCOCCOCc1cccc(CNC(=O)C2(n3cccn3)CCNCC2)c1. The minimum atomic E-state index is -0.616. The molecule has 2 aromatic rings. The van der Waals surface area contributed by atoms with Crippen molar-refractivity contribution >= 4 is 5.91 Å². The van der Waals surface area contributed by atoms with Crippen LogP contribution in [0.1, 0.15) is 30.9 Å². The Hall–Kier alpha value is -2.22. The molecule has 0 bridgehead atoms. The molecule has 1 aliphatic rings. The van der Waals surface area contributed by atoms with Crippen LogP contribution in [0.25, 0.3) is 0 Å². The predicted molar refractivity (Wildman–Crippen MR) is 107 cm³/mol. The standard InChI is InChI=1S/C21H30N4O3/c1-2-27-13-14-28-17-19-6-3-5-18(15-19)16-23-20(26)21(7-10-22-11-8-21)25-12-4-9-24-25/h3-6,9,12,15,22H,2,7-8,10-11,13-14,16-17H2,1H3,(H,23,26). The van der Waals surface area contributed by atoms with Crippen molar-refractivity contribution in [3.63, 3.8) is 0 Å². The van der Waals surface area contributed by atoms with Crippen molar-refractivity contribution in [2.24, 2.45) is 0 Å². The van der Waals surface area contributed by atoms with E-state index in [2.05, 4.69) is 21.8 Å². The van der Waals surface area contributed by atoms with Gasteiger partial charge in [0, 0.05) is 25.5 Å². The minimum Gasteiger partial charge on any atom is -0.379 e. The lowest BCUT2D eigenvalue weighted by Gasteiger charge is -2.36. The summed E-state index contributed by atoms with van der Waals surface area (Å²) in [7, 11) is 0. The van der Waals surface area contributed by atoms with Gasteiger partial charge in [-0.05, 0) is 50.0 Å². The van der Waals surface area contributed by atoms with Crippen LogP contribution in [-0.2, 0) is 33.0 Å². The number of aromatic nitrogens is 2. The van der Waals surface area contributed by atoms with Gasteiger partial charge >= 0.3 is 0 Å². The van der Waals surface area contributed by atoms with Gasteiger partial charge < -0.3 is 20.1 Å². The van der Waals surface area contributed by atoms with Crippen LogP contribution in [0.5, 0.6) is 0 Å². The molecule has 1 saturated heterocycles. The lowest BCUT2D eigenvalue weighted by atomic mass is 9.87. The number of carbonyl (C=O) groups excluding carboxylic acids is 1. The summed E-state index contributed by atoms with van der Waals surface area (Å²) < 4.78 is 12.7. The normalized spacial score (nSPS) is 16.0. The second kappa shape index (κ2) is 10.4. The molecule has 28 heavy (non-hydrogen) atoms. The number of benzene rings is 1. The van der Waals surface area contributed by atoms with Gasteiger partial charge in [0.25, 0.3) is 0 Å². The van der Waals surface area contributed by atoms with Gasteiger partial charge in [0.1, 0.15) is 5.54 Å². The smallest absolute Gasteiger partial charge is 0.248 e. The molecule has 0 saturated carbocycles. The zero-order valence-electron chi connectivity index (χ0n) is 16.5. The summed E-state index contributed by atoms with van der Waals surface area (Å²) in [6.45, 7) is 6.50. The average molecular weight is 386 g/mol. The van der Waals surface area contributed by atoms with Crippen molar-refractivity contribution in [1.82, 2.24) is 20.4 Å². The van der Waals surface area contributed by atoms with Crippen LogP contribution < -0.4 is 10.6 Å². The summed E-state index contributed by atoms with van der Waals surface area (Å²) in [6.07, 6.45) is 5.07. The summed E-state index contributed by atoms with van der Waals surface area (Å²) in [6, 6.07) is 9.99.